The van der Waals surface area contributed by atoms with Gasteiger partial charge in [0.1, 0.15) is 0 Å². The van der Waals surface area contributed by atoms with E-state index in [4.69, 9.17) is 11.6 Å². The van der Waals surface area contributed by atoms with Crippen LogP contribution in [-0.4, -0.2) is 10.5 Å². The predicted octanol–water partition coefficient (Wildman–Crippen LogP) is 2.24. The van der Waals surface area contributed by atoms with Gasteiger partial charge in [0.05, 0.1) is 5.25 Å². The summed E-state index contributed by atoms with van der Waals surface area (Å²) in [5.41, 5.74) is 0. The van der Waals surface area contributed by atoms with Crippen LogP contribution in [0.5, 0.6) is 0 Å². The smallest absolute Gasteiger partial charge is 0.234 e. The average molecular weight is 167 g/mol. The van der Waals surface area contributed by atoms with Gasteiger partial charge in [-0.2, -0.15) is 12.6 Å². The Morgan fingerprint density at radius 1 is 1.78 bits per heavy atom. The molecule has 0 radical (unpaired) electrons. The van der Waals surface area contributed by atoms with Crippen molar-refractivity contribution in [1.82, 2.24) is 0 Å². The van der Waals surface area contributed by atoms with Crippen LogP contribution in [0.4, 0.5) is 0 Å². The third-order valence-corrected chi connectivity index (χ3v) is 2.00. The molecule has 0 spiro atoms. The zero-order valence-corrected chi connectivity index (χ0v) is 7.08. The van der Waals surface area contributed by atoms with Crippen LogP contribution >= 0.6 is 24.2 Å². The second kappa shape index (κ2) is 5.12. The van der Waals surface area contributed by atoms with E-state index < -0.39 is 0 Å². The van der Waals surface area contributed by atoms with E-state index in [-0.39, 0.29) is 10.5 Å². The van der Waals surface area contributed by atoms with Gasteiger partial charge in [-0.25, -0.2) is 0 Å². The molecule has 0 rings (SSSR count). The molecule has 0 heterocycles. The number of hydrogen-bond acceptors (Lipinski definition) is 2. The second-order valence-electron chi connectivity index (χ2n) is 1.96. The molecule has 0 aromatic heterocycles. The Balaban J connectivity index is 3.27. The third-order valence-electron chi connectivity index (χ3n) is 1.09. The van der Waals surface area contributed by atoms with Gasteiger partial charge in [0.25, 0.3) is 0 Å². The minimum absolute atomic E-state index is 0.258. The summed E-state index contributed by atoms with van der Waals surface area (Å²) >= 11 is 9.13. The molecule has 1 atom stereocenters. The summed E-state index contributed by atoms with van der Waals surface area (Å²) in [5, 5.41) is -0.599. The standard InChI is InChI=1S/C6H11ClOS/c1-2-3-4-5(9)6(7)8/h5,9H,2-4H2,1H3. The van der Waals surface area contributed by atoms with Gasteiger partial charge in [-0.1, -0.05) is 19.8 Å². The Kier molecular flexibility index (Phi) is 5.30. The Bertz CT molecular complexity index is 95.1. The molecule has 0 aromatic carbocycles. The van der Waals surface area contributed by atoms with Crippen molar-refractivity contribution in [1.29, 1.82) is 0 Å². The summed E-state index contributed by atoms with van der Waals surface area (Å²) in [6, 6.07) is 0. The van der Waals surface area contributed by atoms with Crippen molar-refractivity contribution >= 4 is 29.5 Å². The van der Waals surface area contributed by atoms with Gasteiger partial charge in [-0.15, -0.1) is 0 Å². The summed E-state index contributed by atoms with van der Waals surface area (Å²) in [7, 11) is 0. The fourth-order valence-corrected chi connectivity index (χ4v) is 0.803. The Morgan fingerprint density at radius 2 is 2.33 bits per heavy atom. The maximum absolute atomic E-state index is 10.3. The molecule has 0 saturated heterocycles. The largest absolute Gasteiger partial charge is 0.280 e. The summed E-state index contributed by atoms with van der Waals surface area (Å²) in [5.74, 6) is 0. The lowest BCUT2D eigenvalue weighted by Crippen LogP contribution is -2.06. The minimum atomic E-state index is -0.341. The normalized spacial score (nSPS) is 13.2. The SMILES string of the molecule is CCCCC(S)C(=O)Cl. The van der Waals surface area contributed by atoms with E-state index in [2.05, 4.69) is 19.6 Å². The fraction of sp³-hybridized carbons (Fsp3) is 0.833. The molecule has 1 nitrogen and oxygen atoms in total. The highest BCUT2D eigenvalue weighted by molar-refractivity contribution is 7.82. The molecule has 9 heavy (non-hydrogen) atoms. The minimum Gasteiger partial charge on any atom is -0.280 e. The summed E-state index contributed by atoms with van der Waals surface area (Å²) < 4.78 is 0. The summed E-state index contributed by atoms with van der Waals surface area (Å²) in [6.45, 7) is 2.07. The summed E-state index contributed by atoms with van der Waals surface area (Å²) in [6.07, 6.45) is 2.90. The first-order chi connectivity index (χ1) is 4.18. The number of unbranched alkanes of at least 4 members (excludes halogenated alkanes) is 1. The Morgan fingerprint density at radius 3 is 2.67 bits per heavy atom. The summed E-state index contributed by atoms with van der Waals surface area (Å²) in [4.78, 5) is 10.3. The second-order valence-corrected chi connectivity index (χ2v) is 2.96. The average Bonchev–Trinajstić information content (AvgIpc) is 1.82. The highest BCUT2D eigenvalue weighted by Gasteiger charge is 2.08. The van der Waals surface area contributed by atoms with Gasteiger partial charge in [0, 0.05) is 0 Å². The molecule has 0 aliphatic rings. The number of thiol groups is 1. The Labute approximate surface area is 66.2 Å². The topological polar surface area (TPSA) is 17.1 Å². The first-order valence-electron chi connectivity index (χ1n) is 3.06. The van der Waals surface area contributed by atoms with Crippen molar-refractivity contribution in [3.63, 3.8) is 0 Å². The number of rotatable bonds is 4. The van der Waals surface area contributed by atoms with Gasteiger partial charge in [-0.3, -0.25) is 4.79 Å². The molecule has 0 aliphatic heterocycles. The highest BCUT2D eigenvalue weighted by atomic mass is 35.5. The Hall–Kier alpha value is 0.310. The van der Waals surface area contributed by atoms with Crippen molar-refractivity contribution in [2.24, 2.45) is 0 Å². The van der Waals surface area contributed by atoms with Crippen LogP contribution in [-0.2, 0) is 4.79 Å². The van der Waals surface area contributed by atoms with Crippen LogP contribution in [0.3, 0.4) is 0 Å². The lowest BCUT2D eigenvalue weighted by Gasteiger charge is -2.01. The number of hydrogen-bond donors (Lipinski definition) is 1. The highest BCUT2D eigenvalue weighted by Crippen LogP contribution is 2.09. The van der Waals surface area contributed by atoms with E-state index in [1.165, 1.54) is 0 Å². The van der Waals surface area contributed by atoms with Gasteiger partial charge in [-0.05, 0) is 18.0 Å². The van der Waals surface area contributed by atoms with Crippen LogP contribution in [0.15, 0.2) is 0 Å². The first kappa shape index (κ1) is 9.31. The lowest BCUT2D eigenvalue weighted by atomic mass is 10.2. The van der Waals surface area contributed by atoms with Gasteiger partial charge >= 0.3 is 0 Å². The van der Waals surface area contributed by atoms with E-state index in [0.717, 1.165) is 19.3 Å². The zero-order chi connectivity index (χ0) is 7.28. The van der Waals surface area contributed by atoms with E-state index in [1.54, 1.807) is 0 Å². The van der Waals surface area contributed by atoms with E-state index in [1.807, 2.05) is 0 Å². The van der Waals surface area contributed by atoms with Crippen LogP contribution in [0.1, 0.15) is 26.2 Å². The van der Waals surface area contributed by atoms with Gasteiger partial charge in [0.2, 0.25) is 5.24 Å². The van der Waals surface area contributed by atoms with Gasteiger partial charge in [0.15, 0.2) is 0 Å². The quantitative estimate of drug-likeness (QED) is 0.501. The molecule has 3 heteroatoms. The molecule has 54 valence electrons. The van der Waals surface area contributed by atoms with Crippen LogP contribution in [0.2, 0.25) is 0 Å². The maximum Gasteiger partial charge on any atom is 0.234 e. The fourth-order valence-electron chi connectivity index (χ4n) is 0.511. The van der Waals surface area contributed by atoms with Crippen LogP contribution < -0.4 is 0 Å². The number of carbonyl (C=O) groups is 1. The van der Waals surface area contributed by atoms with Crippen molar-refractivity contribution in [3.8, 4) is 0 Å². The molecule has 0 saturated carbocycles. The third kappa shape index (κ3) is 4.79. The molecule has 0 aliphatic carbocycles. The van der Waals surface area contributed by atoms with Crippen molar-refractivity contribution in [3.05, 3.63) is 0 Å². The molecule has 0 fully saturated rings. The molecule has 0 amide bonds. The monoisotopic (exact) mass is 166 g/mol. The number of carbonyl (C=O) groups excluding carboxylic acids is 1. The molecular formula is C6H11ClOS. The molecule has 0 bridgehead atoms. The van der Waals surface area contributed by atoms with E-state index in [9.17, 15) is 4.79 Å². The first-order valence-corrected chi connectivity index (χ1v) is 3.95. The zero-order valence-electron chi connectivity index (χ0n) is 5.43. The molecule has 0 N–H and O–H groups in total. The molecular weight excluding hydrogens is 156 g/mol. The molecule has 0 aromatic rings. The molecule has 1 unspecified atom stereocenters. The van der Waals surface area contributed by atoms with Crippen molar-refractivity contribution in [2.45, 2.75) is 31.4 Å². The number of halogens is 1. The van der Waals surface area contributed by atoms with E-state index >= 15 is 0 Å². The lowest BCUT2D eigenvalue weighted by molar-refractivity contribution is -0.111. The van der Waals surface area contributed by atoms with Crippen LogP contribution in [0.25, 0.3) is 0 Å². The predicted molar refractivity (Wildman–Crippen MR) is 43.2 cm³/mol. The van der Waals surface area contributed by atoms with Crippen LogP contribution in [0, 0.1) is 0 Å². The van der Waals surface area contributed by atoms with E-state index in [0.29, 0.717) is 0 Å². The van der Waals surface area contributed by atoms with Crippen molar-refractivity contribution in [2.75, 3.05) is 0 Å². The van der Waals surface area contributed by atoms with Gasteiger partial charge < -0.3 is 0 Å². The van der Waals surface area contributed by atoms with Crippen molar-refractivity contribution < 1.29 is 4.79 Å². The maximum atomic E-state index is 10.3.